The third-order valence-corrected chi connectivity index (χ3v) is 5.06. The minimum absolute atomic E-state index is 0.0898. The lowest BCUT2D eigenvalue weighted by molar-refractivity contribution is -0.389. The molecule has 1 atom stereocenters. The molecule has 2 heterocycles. The van der Waals surface area contributed by atoms with E-state index in [9.17, 15) is 28.1 Å². The minimum Gasteiger partial charge on any atom is -0.358 e. The number of rotatable bonds is 6. The van der Waals surface area contributed by atoms with Crippen LogP contribution < -0.4 is 5.32 Å². The predicted octanol–water partition coefficient (Wildman–Crippen LogP) is 4.18. The first-order chi connectivity index (χ1) is 14.9. The smallest absolute Gasteiger partial charge is 0.358 e. The second kappa shape index (κ2) is 8.44. The summed E-state index contributed by atoms with van der Waals surface area (Å²) in [6, 6.07) is 5.39. The lowest BCUT2D eigenvalue weighted by Gasteiger charge is -2.12. The third-order valence-electron chi connectivity index (χ3n) is 5.06. The summed E-state index contributed by atoms with van der Waals surface area (Å²) in [4.78, 5) is 23.1. The largest absolute Gasteiger partial charge is 0.416 e. The van der Waals surface area contributed by atoms with Gasteiger partial charge in [0, 0.05) is 0 Å². The summed E-state index contributed by atoms with van der Waals surface area (Å²) in [6.07, 6.45) is -4.44. The summed E-state index contributed by atoms with van der Waals surface area (Å²) in [7, 11) is 0. The molecule has 1 unspecified atom stereocenters. The number of nitrogens with one attached hydrogen (secondary N) is 1. The Morgan fingerprint density at radius 1 is 1.22 bits per heavy atom. The van der Waals surface area contributed by atoms with Gasteiger partial charge in [-0.05, 0) is 50.3 Å². The summed E-state index contributed by atoms with van der Waals surface area (Å²) in [5.41, 5.74) is 1.58. The van der Waals surface area contributed by atoms with Crippen molar-refractivity contribution in [3.8, 4) is 0 Å². The van der Waals surface area contributed by atoms with Crippen molar-refractivity contribution in [3.63, 3.8) is 0 Å². The van der Waals surface area contributed by atoms with E-state index >= 15 is 0 Å². The van der Waals surface area contributed by atoms with Crippen molar-refractivity contribution < 1.29 is 22.9 Å². The summed E-state index contributed by atoms with van der Waals surface area (Å²) in [5.74, 6) is -0.820. The van der Waals surface area contributed by atoms with Gasteiger partial charge in [0.1, 0.15) is 6.04 Å². The zero-order valence-corrected chi connectivity index (χ0v) is 17.8. The SMILES string of the molecule is Cc1nn(Cc2cccc(C(F)(F)F)c2)c(C)c1NC(=O)C(C)n1nc([N+](=O)[O-])cc1C. The number of aryl methyl sites for hydroxylation is 2. The van der Waals surface area contributed by atoms with Crippen LogP contribution >= 0.6 is 0 Å². The average Bonchev–Trinajstić information content (AvgIpc) is 3.22. The normalized spacial score (nSPS) is 12.6. The van der Waals surface area contributed by atoms with Crippen molar-refractivity contribution in [2.24, 2.45) is 0 Å². The van der Waals surface area contributed by atoms with E-state index < -0.39 is 28.6 Å². The first kappa shape index (κ1) is 23.0. The number of hydrogen-bond acceptors (Lipinski definition) is 5. The molecule has 12 heteroatoms. The molecule has 0 spiro atoms. The number of carbonyl (C=O) groups is 1. The minimum atomic E-state index is -4.44. The van der Waals surface area contributed by atoms with Gasteiger partial charge in [-0.2, -0.15) is 23.0 Å². The number of anilines is 1. The Labute approximate surface area is 181 Å². The Kier molecular flexibility index (Phi) is 6.06. The van der Waals surface area contributed by atoms with Crippen molar-refractivity contribution in [2.45, 2.75) is 46.5 Å². The molecule has 32 heavy (non-hydrogen) atoms. The standard InChI is InChI=1S/C20H21F3N6O3/c1-11-8-17(29(31)32)26-28(11)14(4)19(30)24-18-12(2)25-27(13(18)3)10-15-6-5-7-16(9-15)20(21,22)23/h5-9,14H,10H2,1-4H3,(H,24,30). The van der Waals surface area contributed by atoms with Gasteiger partial charge in [-0.15, -0.1) is 0 Å². The fourth-order valence-electron chi connectivity index (χ4n) is 3.34. The molecule has 0 saturated carbocycles. The number of nitrogens with zero attached hydrogens (tertiary/aromatic N) is 5. The van der Waals surface area contributed by atoms with Gasteiger partial charge in [0.2, 0.25) is 0 Å². The molecule has 3 rings (SSSR count). The highest BCUT2D eigenvalue weighted by molar-refractivity contribution is 5.94. The van der Waals surface area contributed by atoms with Crippen LogP contribution in [0, 0.1) is 30.9 Å². The Morgan fingerprint density at radius 3 is 2.50 bits per heavy atom. The molecular formula is C20H21F3N6O3. The van der Waals surface area contributed by atoms with Crippen LogP contribution in [0.15, 0.2) is 30.3 Å². The maximum atomic E-state index is 13.0. The van der Waals surface area contributed by atoms with Crippen LogP contribution in [-0.4, -0.2) is 30.4 Å². The number of amides is 1. The molecule has 0 bridgehead atoms. The summed E-state index contributed by atoms with van der Waals surface area (Å²) < 4.78 is 41.7. The molecule has 1 amide bonds. The van der Waals surface area contributed by atoms with Gasteiger partial charge in [-0.3, -0.25) is 9.48 Å². The molecule has 0 aliphatic heterocycles. The predicted molar refractivity (Wildman–Crippen MR) is 109 cm³/mol. The van der Waals surface area contributed by atoms with Crippen molar-refractivity contribution >= 4 is 17.4 Å². The van der Waals surface area contributed by atoms with Gasteiger partial charge in [0.15, 0.2) is 0 Å². The third kappa shape index (κ3) is 4.63. The number of alkyl halides is 3. The Balaban J connectivity index is 1.81. The molecule has 0 fully saturated rings. The second-order valence-electron chi connectivity index (χ2n) is 7.41. The van der Waals surface area contributed by atoms with Gasteiger partial charge in [-0.1, -0.05) is 12.1 Å². The van der Waals surface area contributed by atoms with Gasteiger partial charge in [0.05, 0.1) is 46.0 Å². The number of halogens is 3. The van der Waals surface area contributed by atoms with E-state index in [-0.39, 0.29) is 12.4 Å². The summed E-state index contributed by atoms with van der Waals surface area (Å²) in [5, 5.41) is 21.9. The first-order valence-corrected chi connectivity index (χ1v) is 9.60. The van der Waals surface area contributed by atoms with E-state index in [0.717, 1.165) is 12.1 Å². The number of carbonyl (C=O) groups excluding carboxylic acids is 1. The van der Waals surface area contributed by atoms with Crippen LogP contribution in [0.1, 0.15) is 41.2 Å². The van der Waals surface area contributed by atoms with Gasteiger partial charge < -0.3 is 15.4 Å². The Bertz CT molecular complexity index is 1180. The number of nitro groups is 1. The van der Waals surface area contributed by atoms with Crippen molar-refractivity contribution in [1.82, 2.24) is 19.6 Å². The molecule has 2 aromatic heterocycles. The molecule has 9 nitrogen and oxygen atoms in total. The molecule has 0 aliphatic rings. The fraction of sp³-hybridized carbons (Fsp3) is 0.350. The van der Waals surface area contributed by atoms with Crippen LogP contribution in [0.5, 0.6) is 0 Å². The maximum Gasteiger partial charge on any atom is 0.416 e. The zero-order chi connectivity index (χ0) is 23.8. The van der Waals surface area contributed by atoms with Crippen LogP contribution in [0.3, 0.4) is 0 Å². The highest BCUT2D eigenvalue weighted by Crippen LogP contribution is 2.30. The number of benzene rings is 1. The summed E-state index contributed by atoms with van der Waals surface area (Å²) >= 11 is 0. The lowest BCUT2D eigenvalue weighted by Crippen LogP contribution is -2.25. The second-order valence-corrected chi connectivity index (χ2v) is 7.41. The first-order valence-electron chi connectivity index (χ1n) is 9.60. The van der Waals surface area contributed by atoms with E-state index in [4.69, 9.17) is 0 Å². The molecule has 1 N–H and O–H groups in total. The van der Waals surface area contributed by atoms with Crippen molar-refractivity contribution in [3.05, 3.63) is 68.7 Å². The quantitative estimate of drug-likeness (QED) is 0.448. The number of aromatic nitrogens is 4. The molecule has 3 aromatic rings. The van der Waals surface area contributed by atoms with Crippen LogP contribution in [0.4, 0.5) is 24.7 Å². The summed E-state index contributed by atoms with van der Waals surface area (Å²) in [6.45, 7) is 6.61. The van der Waals surface area contributed by atoms with Crippen molar-refractivity contribution in [1.29, 1.82) is 0 Å². The van der Waals surface area contributed by atoms with E-state index in [2.05, 4.69) is 15.5 Å². The van der Waals surface area contributed by atoms with Gasteiger partial charge in [0.25, 0.3) is 5.91 Å². The Morgan fingerprint density at radius 2 is 1.91 bits per heavy atom. The molecule has 170 valence electrons. The molecule has 0 aliphatic carbocycles. The van der Waals surface area contributed by atoms with Crippen LogP contribution in [0.25, 0.3) is 0 Å². The number of hydrogen-bond donors (Lipinski definition) is 1. The molecule has 1 aromatic carbocycles. The highest BCUT2D eigenvalue weighted by Gasteiger charge is 2.30. The van der Waals surface area contributed by atoms with Crippen molar-refractivity contribution in [2.75, 3.05) is 5.32 Å². The monoisotopic (exact) mass is 450 g/mol. The Hall–Kier alpha value is -3.70. The molecular weight excluding hydrogens is 429 g/mol. The van der Waals surface area contributed by atoms with Crippen LogP contribution in [0.2, 0.25) is 0 Å². The lowest BCUT2D eigenvalue weighted by atomic mass is 10.1. The van der Waals surface area contributed by atoms with Crippen LogP contribution in [-0.2, 0) is 17.5 Å². The van der Waals surface area contributed by atoms with E-state index in [1.54, 1.807) is 33.8 Å². The topological polar surface area (TPSA) is 108 Å². The average molecular weight is 450 g/mol. The van der Waals surface area contributed by atoms with E-state index in [1.165, 1.54) is 21.5 Å². The van der Waals surface area contributed by atoms with Gasteiger partial charge >= 0.3 is 12.0 Å². The molecule has 0 radical (unpaired) electrons. The molecule has 0 saturated heterocycles. The zero-order valence-electron chi connectivity index (χ0n) is 17.8. The van der Waals surface area contributed by atoms with E-state index in [1.807, 2.05) is 0 Å². The fourth-order valence-corrected chi connectivity index (χ4v) is 3.34. The van der Waals surface area contributed by atoms with Gasteiger partial charge in [-0.25, -0.2) is 0 Å². The van der Waals surface area contributed by atoms with E-state index in [0.29, 0.717) is 28.3 Å². The highest BCUT2D eigenvalue weighted by atomic mass is 19.4. The maximum absolute atomic E-state index is 13.0.